The fraction of sp³-hybridized carbons (Fsp3) is 0.240. The van der Waals surface area contributed by atoms with Crippen molar-refractivity contribution in [2.45, 2.75) is 19.8 Å². The number of nitrogens with one attached hydrogen (secondary N) is 2. The Hall–Kier alpha value is -3.87. The molecule has 1 fully saturated rings. The van der Waals surface area contributed by atoms with E-state index in [1.807, 2.05) is 42.5 Å². The molecule has 0 bridgehead atoms. The Bertz CT molecular complexity index is 1260. The fourth-order valence-electron chi connectivity index (χ4n) is 4.24. The number of carbonyl (C=O) groups excluding carboxylic acids is 2. The third kappa shape index (κ3) is 4.01. The van der Waals surface area contributed by atoms with Crippen molar-refractivity contribution < 1.29 is 14.1 Å². The van der Waals surface area contributed by atoms with Crippen LogP contribution in [-0.2, 0) is 4.79 Å². The molecule has 1 saturated heterocycles. The van der Waals surface area contributed by atoms with Crippen LogP contribution in [0.1, 0.15) is 29.1 Å². The van der Waals surface area contributed by atoms with Crippen molar-refractivity contribution in [3.05, 3.63) is 72.1 Å². The molecule has 1 unspecified atom stereocenters. The average Bonchev–Trinajstić information content (AvgIpc) is 3.45. The Morgan fingerprint density at radius 2 is 2.00 bits per heavy atom. The molecule has 4 aromatic rings. The van der Waals surface area contributed by atoms with Gasteiger partial charge in [0.05, 0.1) is 5.92 Å². The molecule has 3 heterocycles. The van der Waals surface area contributed by atoms with Crippen LogP contribution in [-0.4, -0.2) is 39.9 Å². The largest absolute Gasteiger partial charge is 0.361 e. The number of benzene rings is 2. The molecule has 1 aliphatic heterocycles. The summed E-state index contributed by atoms with van der Waals surface area (Å²) in [6.07, 6.45) is 1.52. The highest BCUT2D eigenvalue weighted by molar-refractivity contribution is 5.96. The summed E-state index contributed by atoms with van der Waals surface area (Å²) in [4.78, 5) is 30.8. The number of hydrogen-bond donors (Lipinski definition) is 2. The molecular weight excluding hydrogens is 404 g/mol. The van der Waals surface area contributed by atoms with E-state index in [9.17, 15) is 9.59 Å². The third-order valence-corrected chi connectivity index (χ3v) is 5.90. The van der Waals surface area contributed by atoms with E-state index in [2.05, 4.69) is 27.6 Å². The number of H-pyrrole nitrogens is 1. The van der Waals surface area contributed by atoms with Crippen molar-refractivity contribution in [2.75, 3.05) is 18.4 Å². The summed E-state index contributed by atoms with van der Waals surface area (Å²) in [6, 6.07) is 19.6. The van der Waals surface area contributed by atoms with Crippen LogP contribution in [0.3, 0.4) is 0 Å². The molecule has 1 atom stereocenters. The van der Waals surface area contributed by atoms with Gasteiger partial charge in [-0.2, -0.15) is 0 Å². The second-order valence-corrected chi connectivity index (χ2v) is 8.25. The first-order chi connectivity index (χ1) is 15.6. The Balaban J connectivity index is 1.28. The average molecular weight is 428 g/mol. The van der Waals surface area contributed by atoms with E-state index in [0.717, 1.165) is 40.7 Å². The zero-order valence-electron chi connectivity index (χ0n) is 17.8. The first kappa shape index (κ1) is 20.1. The van der Waals surface area contributed by atoms with E-state index in [1.165, 1.54) is 0 Å². The van der Waals surface area contributed by atoms with Crippen LogP contribution >= 0.6 is 0 Å². The van der Waals surface area contributed by atoms with E-state index in [-0.39, 0.29) is 23.4 Å². The Morgan fingerprint density at radius 3 is 2.81 bits per heavy atom. The summed E-state index contributed by atoms with van der Waals surface area (Å²) in [5.41, 5.74) is 4.10. The quantitative estimate of drug-likeness (QED) is 0.496. The number of carbonyl (C=O) groups is 2. The van der Waals surface area contributed by atoms with E-state index < -0.39 is 0 Å². The van der Waals surface area contributed by atoms with Gasteiger partial charge in [-0.1, -0.05) is 35.5 Å². The maximum absolute atomic E-state index is 13.0. The van der Waals surface area contributed by atoms with Crippen molar-refractivity contribution >= 4 is 28.4 Å². The Labute approximate surface area is 185 Å². The standard InChI is InChI=1S/C25H24N4O3/c1-16-12-23(28-32-16)25(31)29-11-5-8-19(15-29)24(30)26-20-9-4-7-17(13-20)22-14-18-6-2-3-10-21(18)27-22/h2-4,6-7,9-10,12-14,19,27H,5,8,11,15H2,1H3,(H,26,30). The van der Waals surface area contributed by atoms with Gasteiger partial charge in [0, 0.05) is 47.0 Å². The van der Waals surface area contributed by atoms with E-state index in [4.69, 9.17) is 4.52 Å². The van der Waals surface area contributed by atoms with Gasteiger partial charge in [0.15, 0.2) is 5.69 Å². The number of aryl methyl sites for hydroxylation is 1. The number of amides is 2. The van der Waals surface area contributed by atoms with Crippen molar-refractivity contribution in [1.29, 1.82) is 0 Å². The van der Waals surface area contributed by atoms with E-state index in [0.29, 0.717) is 18.8 Å². The minimum Gasteiger partial charge on any atom is -0.361 e. The molecule has 0 aliphatic carbocycles. The topological polar surface area (TPSA) is 91.2 Å². The second kappa shape index (κ2) is 8.34. The monoisotopic (exact) mass is 428 g/mol. The lowest BCUT2D eigenvalue weighted by Gasteiger charge is -2.31. The van der Waals surface area contributed by atoms with Gasteiger partial charge >= 0.3 is 0 Å². The number of piperidine rings is 1. The molecule has 2 N–H and O–H groups in total. The zero-order valence-corrected chi connectivity index (χ0v) is 17.8. The first-order valence-corrected chi connectivity index (χ1v) is 10.8. The molecule has 7 nitrogen and oxygen atoms in total. The van der Waals surface area contributed by atoms with Gasteiger partial charge < -0.3 is 19.7 Å². The normalized spacial score (nSPS) is 16.3. The number of likely N-dealkylation sites (tertiary alicyclic amines) is 1. The number of para-hydroxylation sites is 1. The van der Waals surface area contributed by atoms with Crippen LogP contribution in [0, 0.1) is 12.8 Å². The maximum Gasteiger partial charge on any atom is 0.276 e. The van der Waals surface area contributed by atoms with Crippen LogP contribution in [0.15, 0.2) is 65.2 Å². The van der Waals surface area contributed by atoms with Gasteiger partial charge in [0.1, 0.15) is 5.76 Å². The zero-order chi connectivity index (χ0) is 22.1. The van der Waals surface area contributed by atoms with Gasteiger partial charge in [0.2, 0.25) is 5.91 Å². The molecule has 2 amide bonds. The van der Waals surface area contributed by atoms with Crippen molar-refractivity contribution in [3.63, 3.8) is 0 Å². The number of aromatic amines is 1. The number of nitrogens with zero attached hydrogens (tertiary/aromatic N) is 2. The summed E-state index contributed by atoms with van der Waals surface area (Å²) in [5.74, 6) is 0.0553. The lowest BCUT2D eigenvalue weighted by molar-refractivity contribution is -0.121. The van der Waals surface area contributed by atoms with Gasteiger partial charge in [-0.05, 0) is 44.0 Å². The molecule has 0 radical (unpaired) electrons. The smallest absolute Gasteiger partial charge is 0.276 e. The third-order valence-electron chi connectivity index (χ3n) is 5.90. The molecule has 2 aromatic heterocycles. The minimum absolute atomic E-state index is 0.0763. The maximum atomic E-state index is 13.0. The molecule has 162 valence electrons. The van der Waals surface area contributed by atoms with Crippen molar-refractivity contribution in [1.82, 2.24) is 15.0 Å². The van der Waals surface area contributed by atoms with E-state index >= 15 is 0 Å². The van der Waals surface area contributed by atoms with Crippen molar-refractivity contribution in [3.8, 4) is 11.3 Å². The van der Waals surface area contributed by atoms with Gasteiger partial charge in [0.25, 0.3) is 5.91 Å². The molecule has 0 spiro atoms. The second-order valence-electron chi connectivity index (χ2n) is 8.25. The highest BCUT2D eigenvalue weighted by atomic mass is 16.5. The fourth-order valence-corrected chi connectivity index (χ4v) is 4.24. The summed E-state index contributed by atoms with van der Waals surface area (Å²) in [5, 5.41) is 7.99. The minimum atomic E-state index is -0.266. The number of anilines is 1. The van der Waals surface area contributed by atoms with Gasteiger partial charge in [-0.25, -0.2) is 0 Å². The summed E-state index contributed by atoms with van der Waals surface area (Å²) >= 11 is 0. The molecule has 5 rings (SSSR count). The van der Waals surface area contributed by atoms with Crippen LogP contribution in [0.25, 0.3) is 22.2 Å². The lowest BCUT2D eigenvalue weighted by atomic mass is 9.96. The van der Waals surface area contributed by atoms with Crippen LogP contribution in [0.5, 0.6) is 0 Å². The summed E-state index contributed by atoms with van der Waals surface area (Å²) < 4.78 is 5.02. The van der Waals surface area contributed by atoms with Crippen LogP contribution < -0.4 is 5.32 Å². The summed E-state index contributed by atoms with van der Waals surface area (Å²) in [6.45, 7) is 2.74. The van der Waals surface area contributed by atoms with Gasteiger partial charge in [-0.15, -0.1) is 0 Å². The molecule has 7 heteroatoms. The predicted octanol–water partition coefficient (Wildman–Crippen LogP) is 4.62. The number of aromatic nitrogens is 2. The van der Waals surface area contributed by atoms with Crippen molar-refractivity contribution in [2.24, 2.45) is 5.92 Å². The molecule has 0 saturated carbocycles. The Morgan fingerprint density at radius 1 is 1.12 bits per heavy atom. The molecule has 32 heavy (non-hydrogen) atoms. The number of fused-ring (bicyclic) bond motifs is 1. The Kier molecular flexibility index (Phi) is 5.23. The summed E-state index contributed by atoms with van der Waals surface area (Å²) in [7, 11) is 0. The first-order valence-electron chi connectivity index (χ1n) is 10.8. The number of hydrogen-bond acceptors (Lipinski definition) is 4. The SMILES string of the molecule is Cc1cc(C(=O)N2CCCC(C(=O)Nc3cccc(-c4cc5ccccc5[nH]4)c3)C2)no1. The van der Waals surface area contributed by atoms with Crippen LogP contribution in [0.4, 0.5) is 5.69 Å². The molecule has 1 aliphatic rings. The number of rotatable bonds is 4. The molecule has 2 aromatic carbocycles. The highest BCUT2D eigenvalue weighted by Crippen LogP contribution is 2.27. The van der Waals surface area contributed by atoms with Gasteiger partial charge in [-0.3, -0.25) is 9.59 Å². The van der Waals surface area contributed by atoms with E-state index in [1.54, 1.807) is 17.9 Å². The predicted molar refractivity (Wildman–Crippen MR) is 122 cm³/mol. The lowest BCUT2D eigenvalue weighted by Crippen LogP contribution is -2.43. The van der Waals surface area contributed by atoms with Crippen LogP contribution in [0.2, 0.25) is 0 Å². The molecular formula is C25H24N4O3. The highest BCUT2D eigenvalue weighted by Gasteiger charge is 2.30.